The van der Waals surface area contributed by atoms with Gasteiger partial charge in [-0.2, -0.15) is 13.2 Å². The molecule has 1 aliphatic heterocycles. The summed E-state index contributed by atoms with van der Waals surface area (Å²) in [6.45, 7) is 0.132. The number of carbonyl (C=O) groups excluding carboxylic acids is 1. The molecule has 1 unspecified atom stereocenters. The van der Waals surface area contributed by atoms with Crippen LogP contribution in [-0.4, -0.2) is 27.2 Å². The average molecular weight is 500 g/mol. The van der Waals surface area contributed by atoms with Crippen LogP contribution in [0.4, 0.5) is 17.6 Å². The maximum absolute atomic E-state index is 14.0. The third-order valence-corrected chi connectivity index (χ3v) is 5.47. The van der Waals surface area contributed by atoms with Gasteiger partial charge in [0.1, 0.15) is 30.1 Å². The summed E-state index contributed by atoms with van der Waals surface area (Å²) in [6, 6.07) is 6.68. The lowest BCUT2D eigenvalue weighted by Crippen LogP contribution is -2.19. The number of aliphatic hydroxyl groups excluding tert-OH is 1. The molecule has 2 heterocycles. The van der Waals surface area contributed by atoms with Crippen molar-refractivity contribution in [3.63, 3.8) is 0 Å². The molecule has 3 N–H and O–H groups in total. The summed E-state index contributed by atoms with van der Waals surface area (Å²) in [4.78, 5) is 16.3. The lowest BCUT2D eigenvalue weighted by molar-refractivity contribution is -0.137. The van der Waals surface area contributed by atoms with E-state index in [2.05, 4.69) is 20.9 Å². The van der Waals surface area contributed by atoms with Crippen molar-refractivity contribution in [3.8, 4) is 17.1 Å². The molecular weight excluding hydrogens is 486 g/mol. The van der Waals surface area contributed by atoms with Crippen molar-refractivity contribution in [2.75, 3.05) is 6.61 Å². The molecule has 1 atom stereocenters. The number of ether oxygens (including phenoxy) is 1. The van der Waals surface area contributed by atoms with Crippen LogP contribution in [0.2, 0.25) is 0 Å². The van der Waals surface area contributed by atoms with Crippen molar-refractivity contribution in [1.29, 1.82) is 0 Å². The first kappa shape index (κ1) is 21.3. The second kappa shape index (κ2) is 7.65. The maximum Gasteiger partial charge on any atom is 0.416 e. The highest BCUT2D eigenvalue weighted by Gasteiger charge is 2.34. The minimum Gasteiger partial charge on any atom is -0.491 e. The average Bonchev–Trinajstić information content (AvgIpc) is 3.00. The quantitative estimate of drug-likeness (QED) is 0.532. The third kappa shape index (κ3) is 3.79. The summed E-state index contributed by atoms with van der Waals surface area (Å²) in [5, 5.41) is 10.9. The van der Waals surface area contributed by atoms with E-state index in [4.69, 9.17) is 10.5 Å². The van der Waals surface area contributed by atoms with E-state index in [9.17, 15) is 27.5 Å². The molecular formula is C20H14BrF4N3O3. The van der Waals surface area contributed by atoms with E-state index in [0.29, 0.717) is 5.56 Å². The van der Waals surface area contributed by atoms with Crippen LogP contribution in [0.15, 0.2) is 40.9 Å². The lowest BCUT2D eigenvalue weighted by Gasteiger charge is -2.17. The highest BCUT2D eigenvalue weighted by atomic mass is 79.9. The van der Waals surface area contributed by atoms with E-state index in [0.717, 1.165) is 24.3 Å². The van der Waals surface area contributed by atoms with Crippen molar-refractivity contribution >= 4 is 21.8 Å². The number of fused-ring (bicyclic) bond motifs is 3. The van der Waals surface area contributed by atoms with Gasteiger partial charge in [-0.3, -0.25) is 4.79 Å². The number of halogens is 5. The van der Waals surface area contributed by atoms with Gasteiger partial charge in [0.15, 0.2) is 5.69 Å². The molecule has 0 aliphatic carbocycles. The first-order valence-corrected chi connectivity index (χ1v) is 9.75. The zero-order valence-electron chi connectivity index (χ0n) is 15.6. The Morgan fingerprint density at radius 2 is 2.03 bits per heavy atom. The van der Waals surface area contributed by atoms with Crippen LogP contribution in [0.3, 0.4) is 0 Å². The number of nitrogens with two attached hydrogens (primary N) is 1. The van der Waals surface area contributed by atoms with Crippen LogP contribution in [0, 0.1) is 5.82 Å². The van der Waals surface area contributed by atoms with Gasteiger partial charge in [0.05, 0.1) is 27.8 Å². The monoisotopic (exact) mass is 499 g/mol. The summed E-state index contributed by atoms with van der Waals surface area (Å²) in [7, 11) is 0. The van der Waals surface area contributed by atoms with Crippen molar-refractivity contribution in [3.05, 3.63) is 69.2 Å². The molecule has 3 aromatic rings. The minimum atomic E-state index is -4.61. The lowest BCUT2D eigenvalue weighted by atomic mass is 10.0. The van der Waals surface area contributed by atoms with Crippen molar-refractivity contribution in [2.45, 2.75) is 18.8 Å². The Hall–Kier alpha value is -2.92. The summed E-state index contributed by atoms with van der Waals surface area (Å²) in [5.41, 5.74) is 4.37. The van der Waals surface area contributed by atoms with Gasteiger partial charge in [-0.25, -0.2) is 9.37 Å². The number of hydrogen-bond acceptors (Lipinski definition) is 4. The zero-order valence-corrected chi connectivity index (χ0v) is 17.2. The number of aliphatic hydroxyl groups is 1. The SMILES string of the molecule is NC(=O)c1nc2n(c1C(O)c1cccc(C(F)(F)F)c1)CCOc1cc(F)c(Br)cc1-2. The number of hydrogen-bond donors (Lipinski definition) is 2. The van der Waals surface area contributed by atoms with Gasteiger partial charge in [-0.15, -0.1) is 0 Å². The molecule has 0 spiro atoms. The zero-order chi connectivity index (χ0) is 22.5. The topological polar surface area (TPSA) is 90.4 Å². The van der Waals surface area contributed by atoms with Crippen molar-refractivity contribution < 1.29 is 32.2 Å². The highest BCUT2D eigenvalue weighted by molar-refractivity contribution is 9.10. The first-order chi connectivity index (χ1) is 14.6. The fourth-order valence-electron chi connectivity index (χ4n) is 3.47. The third-order valence-electron chi connectivity index (χ3n) is 4.86. The Kier molecular flexibility index (Phi) is 5.26. The molecule has 0 saturated carbocycles. The number of amides is 1. The standard InChI is InChI=1S/C20H14BrF4N3O3/c21-12-7-11-14(8-13(12)22)31-5-4-28-16(15(18(26)30)27-19(11)28)17(29)9-2-1-3-10(6-9)20(23,24)25/h1-3,6-8,17,29H,4-5H2,(H2,26,30). The van der Waals surface area contributed by atoms with E-state index in [1.54, 1.807) is 0 Å². The molecule has 31 heavy (non-hydrogen) atoms. The Labute approximate surface area is 181 Å². The number of imidazole rings is 1. The fourth-order valence-corrected chi connectivity index (χ4v) is 3.81. The molecule has 2 aromatic carbocycles. The Morgan fingerprint density at radius 1 is 1.29 bits per heavy atom. The number of benzene rings is 2. The van der Waals surface area contributed by atoms with Gasteiger partial charge in [0.2, 0.25) is 0 Å². The first-order valence-electron chi connectivity index (χ1n) is 8.95. The van der Waals surface area contributed by atoms with E-state index in [-0.39, 0.29) is 46.1 Å². The Morgan fingerprint density at radius 3 is 2.71 bits per heavy atom. The molecule has 1 amide bonds. The van der Waals surface area contributed by atoms with Crippen LogP contribution in [-0.2, 0) is 12.7 Å². The molecule has 0 fully saturated rings. The molecule has 0 bridgehead atoms. The maximum atomic E-state index is 14.0. The molecule has 162 valence electrons. The molecule has 6 nitrogen and oxygen atoms in total. The summed E-state index contributed by atoms with van der Waals surface area (Å²) < 4.78 is 60.4. The largest absolute Gasteiger partial charge is 0.491 e. The van der Waals surface area contributed by atoms with Crippen molar-refractivity contribution in [2.24, 2.45) is 5.73 Å². The smallest absolute Gasteiger partial charge is 0.416 e. The van der Waals surface area contributed by atoms with Crippen LogP contribution in [0.5, 0.6) is 5.75 Å². The fraction of sp³-hybridized carbons (Fsp3) is 0.200. The molecule has 1 aromatic heterocycles. The molecule has 0 radical (unpaired) electrons. The van der Waals surface area contributed by atoms with Gasteiger partial charge >= 0.3 is 6.18 Å². The number of nitrogens with zero attached hydrogens (tertiary/aromatic N) is 2. The molecule has 1 aliphatic rings. The highest BCUT2D eigenvalue weighted by Crippen LogP contribution is 2.39. The summed E-state index contributed by atoms with van der Waals surface area (Å²) in [5.74, 6) is -1.20. The predicted octanol–water partition coefficient (Wildman–Crippen LogP) is 4.04. The van der Waals surface area contributed by atoms with E-state index in [1.807, 2.05) is 0 Å². The van der Waals surface area contributed by atoms with Crippen LogP contribution >= 0.6 is 15.9 Å². The Balaban J connectivity index is 1.91. The Bertz CT molecular complexity index is 1190. The van der Waals surface area contributed by atoms with Gasteiger partial charge in [0, 0.05) is 6.07 Å². The van der Waals surface area contributed by atoms with Gasteiger partial charge in [-0.1, -0.05) is 12.1 Å². The summed E-state index contributed by atoms with van der Waals surface area (Å²) in [6.07, 6.45) is -6.24. The molecule has 0 saturated heterocycles. The normalized spacial score (nSPS) is 14.3. The van der Waals surface area contributed by atoms with Gasteiger partial charge in [-0.05, 0) is 39.7 Å². The summed E-state index contributed by atoms with van der Waals surface area (Å²) >= 11 is 3.08. The van der Waals surface area contributed by atoms with Crippen LogP contribution in [0.25, 0.3) is 11.4 Å². The van der Waals surface area contributed by atoms with Gasteiger partial charge < -0.3 is 20.1 Å². The number of carbonyl (C=O) groups is 1. The number of aromatic nitrogens is 2. The van der Waals surface area contributed by atoms with E-state index >= 15 is 0 Å². The molecule has 4 rings (SSSR count). The molecule has 11 heteroatoms. The van der Waals surface area contributed by atoms with E-state index < -0.39 is 29.6 Å². The second-order valence-electron chi connectivity index (χ2n) is 6.82. The van der Waals surface area contributed by atoms with Crippen molar-refractivity contribution in [1.82, 2.24) is 9.55 Å². The van der Waals surface area contributed by atoms with Gasteiger partial charge in [0.25, 0.3) is 5.91 Å². The number of primary amides is 1. The predicted molar refractivity (Wildman–Crippen MR) is 105 cm³/mol. The van der Waals surface area contributed by atoms with Crippen LogP contribution < -0.4 is 10.5 Å². The van der Waals surface area contributed by atoms with E-state index in [1.165, 1.54) is 16.7 Å². The minimum absolute atomic E-state index is 0.0396. The van der Waals surface area contributed by atoms with Crippen LogP contribution in [0.1, 0.15) is 33.4 Å². The number of alkyl halides is 3. The second-order valence-corrected chi connectivity index (χ2v) is 7.68. The number of rotatable bonds is 3.